The predicted molar refractivity (Wildman–Crippen MR) is 118 cm³/mol. The van der Waals surface area contributed by atoms with Crippen LogP contribution < -0.4 is 10.2 Å². The third-order valence-electron chi connectivity index (χ3n) is 6.72. The molecule has 0 bridgehead atoms. The minimum Gasteiger partial charge on any atom is -0.356 e. The van der Waals surface area contributed by atoms with E-state index in [1.54, 1.807) is 13.3 Å². The van der Waals surface area contributed by atoms with Crippen LogP contribution in [0.3, 0.4) is 0 Å². The summed E-state index contributed by atoms with van der Waals surface area (Å²) in [5.74, 6) is 1.54. The molecule has 0 unspecified atom stereocenters. The molecule has 1 fully saturated rings. The van der Waals surface area contributed by atoms with Gasteiger partial charge >= 0.3 is 6.03 Å². The standard InChI is InChI=1S/C23H28N6O2/c1-16(30)28-11-8-21-19(14-28)22(25-15-24-21)27-9-6-17(7-10-27)12-29-13-18-4-2-3-5-20(18)26-23(29)31/h2-5,15,17H,6-14H2,1H3,(H,26,31). The highest BCUT2D eigenvalue weighted by molar-refractivity contribution is 5.92. The topological polar surface area (TPSA) is 81.7 Å². The molecule has 4 heterocycles. The third-order valence-corrected chi connectivity index (χ3v) is 6.72. The number of para-hydroxylation sites is 1. The van der Waals surface area contributed by atoms with Crippen molar-refractivity contribution in [3.63, 3.8) is 0 Å². The van der Waals surface area contributed by atoms with Crippen LogP contribution in [-0.4, -0.2) is 57.9 Å². The number of fused-ring (bicyclic) bond motifs is 2. The Morgan fingerprint density at radius 1 is 1.13 bits per heavy atom. The van der Waals surface area contributed by atoms with Crippen molar-refractivity contribution in [2.45, 2.75) is 39.3 Å². The summed E-state index contributed by atoms with van der Waals surface area (Å²) in [6.07, 6.45) is 4.47. The van der Waals surface area contributed by atoms with E-state index in [-0.39, 0.29) is 11.9 Å². The number of anilines is 2. The molecule has 1 saturated heterocycles. The molecular weight excluding hydrogens is 392 g/mol. The van der Waals surface area contributed by atoms with Crippen molar-refractivity contribution in [1.82, 2.24) is 19.8 Å². The minimum absolute atomic E-state index is 0.00433. The fraction of sp³-hybridized carbons (Fsp3) is 0.478. The molecule has 3 aliphatic heterocycles. The lowest BCUT2D eigenvalue weighted by molar-refractivity contribution is -0.129. The summed E-state index contributed by atoms with van der Waals surface area (Å²) in [5, 5.41) is 3.01. The van der Waals surface area contributed by atoms with Crippen LogP contribution >= 0.6 is 0 Å². The number of piperidine rings is 1. The Hall–Kier alpha value is -3.16. The highest BCUT2D eigenvalue weighted by Crippen LogP contribution is 2.30. The summed E-state index contributed by atoms with van der Waals surface area (Å²) in [6, 6.07) is 8.00. The lowest BCUT2D eigenvalue weighted by atomic mass is 9.95. The molecule has 1 N–H and O–H groups in total. The second kappa shape index (κ2) is 8.17. The van der Waals surface area contributed by atoms with Crippen molar-refractivity contribution in [1.29, 1.82) is 0 Å². The monoisotopic (exact) mass is 420 g/mol. The normalized spacial score (nSPS) is 19.0. The SMILES string of the molecule is CC(=O)N1CCc2ncnc(N3CCC(CN4Cc5ccccc5NC4=O)CC3)c2C1. The van der Waals surface area contributed by atoms with Gasteiger partial charge in [-0.15, -0.1) is 0 Å². The van der Waals surface area contributed by atoms with E-state index < -0.39 is 0 Å². The second-order valence-electron chi connectivity index (χ2n) is 8.71. The van der Waals surface area contributed by atoms with Crippen LogP contribution in [0.2, 0.25) is 0 Å². The van der Waals surface area contributed by atoms with Crippen molar-refractivity contribution in [2.24, 2.45) is 5.92 Å². The third kappa shape index (κ3) is 3.94. The zero-order valence-electron chi connectivity index (χ0n) is 17.9. The molecule has 8 nitrogen and oxygen atoms in total. The van der Waals surface area contributed by atoms with Crippen LogP contribution in [0.15, 0.2) is 30.6 Å². The van der Waals surface area contributed by atoms with Gasteiger partial charge in [0.15, 0.2) is 0 Å². The summed E-state index contributed by atoms with van der Waals surface area (Å²) >= 11 is 0. The Labute approximate surface area is 182 Å². The van der Waals surface area contributed by atoms with E-state index in [9.17, 15) is 9.59 Å². The molecule has 5 rings (SSSR count). The van der Waals surface area contributed by atoms with E-state index in [4.69, 9.17) is 0 Å². The van der Waals surface area contributed by atoms with E-state index in [2.05, 4.69) is 26.3 Å². The van der Waals surface area contributed by atoms with Crippen molar-refractivity contribution < 1.29 is 9.59 Å². The van der Waals surface area contributed by atoms with Crippen molar-refractivity contribution in [3.05, 3.63) is 47.4 Å². The van der Waals surface area contributed by atoms with Crippen molar-refractivity contribution in [2.75, 3.05) is 36.4 Å². The van der Waals surface area contributed by atoms with Gasteiger partial charge in [0.1, 0.15) is 12.1 Å². The molecule has 162 valence electrons. The molecule has 31 heavy (non-hydrogen) atoms. The molecule has 8 heteroatoms. The van der Waals surface area contributed by atoms with Crippen LogP contribution in [-0.2, 0) is 24.3 Å². The molecule has 1 aromatic heterocycles. The largest absolute Gasteiger partial charge is 0.356 e. The van der Waals surface area contributed by atoms with Crippen molar-refractivity contribution in [3.8, 4) is 0 Å². The van der Waals surface area contributed by atoms with Gasteiger partial charge in [-0.1, -0.05) is 18.2 Å². The first kappa shape index (κ1) is 19.8. The van der Waals surface area contributed by atoms with Crippen LogP contribution in [0.25, 0.3) is 0 Å². The maximum atomic E-state index is 12.5. The summed E-state index contributed by atoms with van der Waals surface area (Å²) in [5.41, 5.74) is 4.25. The van der Waals surface area contributed by atoms with Crippen LogP contribution in [0.1, 0.15) is 36.6 Å². The van der Waals surface area contributed by atoms with Gasteiger partial charge in [0, 0.05) is 57.3 Å². The van der Waals surface area contributed by atoms with Crippen LogP contribution in [0, 0.1) is 5.92 Å². The molecular formula is C23H28N6O2. The second-order valence-corrected chi connectivity index (χ2v) is 8.71. The first-order chi connectivity index (χ1) is 15.1. The number of rotatable bonds is 3. The maximum Gasteiger partial charge on any atom is 0.322 e. The summed E-state index contributed by atoms with van der Waals surface area (Å²) in [7, 11) is 0. The van der Waals surface area contributed by atoms with Crippen LogP contribution in [0.4, 0.5) is 16.3 Å². The smallest absolute Gasteiger partial charge is 0.322 e. The molecule has 0 spiro atoms. The number of aromatic nitrogens is 2. The van der Waals surface area contributed by atoms with Gasteiger partial charge in [0.2, 0.25) is 5.91 Å². The molecule has 3 aliphatic rings. The fourth-order valence-corrected chi connectivity index (χ4v) is 4.91. The number of carbonyl (C=O) groups is 2. The Morgan fingerprint density at radius 3 is 2.74 bits per heavy atom. The van der Waals surface area contributed by atoms with E-state index in [0.717, 1.165) is 68.2 Å². The number of carbonyl (C=O) groups excluding carboxylic acids is 2. The van der Waals surface area contributed by atoms with Gasteiger partial charge in [-0.25, -0.2) is 14.8 Å². The first-order valence-electron chi connectivity index (χ1n) is 11.1. The van der Waals surface area contributed by atoms with Crippen LogP contribution in [0.5, 0.6) is 0 Å². The zero-order chi connectivity index (χ0) is 21.4. The number of benzene rings is 1. The molecule has 2 aromatic rings. The van der Waals surface area contributed by atoms with Gasteiger partial charge in [-0.2, -0.15) is 0 Å². The van der Waals surface area contributed by atoms with Crippen molar-refractivity contribution >= 4 is 23.4 Å². The number of nitrogens with one attached hydrogen (secondary N) is 1. The molecule has 3 amide bonds. The van der Waals surface area contributed by atoms with E-state index >= 15 is 0 Å². The Kier molecular flexibility index (Phi) is 5.21. The minimum atomic E-state index is -0.00433. The molecule has 1 aromatic carbocycles. The van der Waals surface area contributed by atoms with Gasteiger partial charge in [-0.05, 0) is 30.4 Å². The molecule has 0 atom stereocenters. The Bertz CT molecular complexity index is 1000. The van der Waals surface area contributed by atoms with Gasteiger partial charge < -0.3 is 20.0 Å². The summed E-state index contributed by atoms with van der Waals surface area (Å²) < 4.78 is 0. The lowest BCUT2D eigenvalue weighted by Crippen LogP contribution is -2.44. The number of hydrogen-bond acceptors (Lipinski definition) is 5. The van der Waals surface area contributed by atoms with Gasteiger partial charge in [-0.3, -0.25) is 4.79 Å². The quantitative estimate of drug-likeness (QED) is 0.826. The fourth-order valence-electron chi connectivity index (χ4n) is 4.91. The lowest BCUT2D eigenvalue weighted by Gasteiger charge is -2.38. The number of nitrogens with zero attached hydrogens (tertiary/aromatic N) is 5. The molecule has 0 aliphatic carbocycles. The maximum absolute atomic E-state index is 12.5. The predicted octanol–water partition coefficient (Wildman–Crippen LogP) is 2.65. The molecule has 0 radical (unpaired) electrons. The van der Waals surface area contributed by atoms with Gasteiger partial charge in [0.25, 0.3) is 0 Å². The van der Waals surface area contributed by atoms with E-state index in [1.165, 1.54) is 5.56 Å². The highest BCUT2D eigenvalue weighted by atomic mass is 16.2. The van der Waals surface area contributed by atoms with E-state index in [1.807, 2.05) is 28.0 Å². The van der Waals surface area contributed by atoms with Gasteiger partial charge in [0.05, 0.1) is 12.2 Å². The number of urea groups is 1. The Morgan fingerprint density at radius 2 is 1.94 bits per heavy atom. The average Bonchev–Trinajstić information content (AvgIpc) is 2.79. The molecule has 0 saturated carbocycles. The summed E-state index contributed by atoms with van der Waals surface area (Å²) in [4.78, 5) is 39.6. The average molecular weight is 421 g/mol. The van der Waals surface area contributed by atoms with E-state index in [0.29, 0.717) is 19.0 Å². The highest BCUT2D eigenvalue weighted by Gasteiger charge is 2.30. The zero-order valence-corrected chi connectivity index (χ0v) is 17.9. The number of hydrogen-bond donors (Lipinski definition) is 1. The number of amides is 3. The summed E-state index contributed by atoms with van der Waals surface area (Å²) in [6.45, 7) is 6.18. The Balaban J connectivity index is 1.23. The first-order valence-corrected chi connectivity index (χ1v) is 11.1.